The molecule has 2 aromatic heterocycles. The molecule has 0 unspecified atom stereocenters. The predicted molar refractivity (Wildman–Crippen MR) is 153 cm³/mol. The first-order valence-corrected chi connectivity index (χ1v) is 14.6. The zero-order valence-corrected chi connectivity index (χ0v) is 22.8. The highest BCUT2D eigenvalue weighted by atomic mass is 32.2. The Kier molecular flexibility index (Phi) is 7.32. The van der Waals surface area contributed by atoms with E-state index in [0.29, 0.717) is 18.0 Å². The third-order valence-corrected chi connectivity index (χ3v) is 8.54. The largest absolute Gasteiger partial charge is 0.351 e. The number of aryl methyl sites for hydroxylation is 3. The van der Waals surface area contributed by atoms with E-state index in [1.165, 1.54) is 0 Å². The summed E-state index contributed by atoms with van der Waals surface area (Å²) in [6.45, 7) is 5.86. The SMILES string of the molecule is CCc1cc(-c2ccc(NS(=O)(=O)c3cccc(C)c3)nc2C)cc2cnc(NC3CCC(N)CC3)nc12. The zero-order chi connectivity index (χ0) is 26.9. The molecule has 0 bridgehead atoms. The van der Waals surface area contributed by atoms with Gasteiger partial charge in [-0.2, -0.15) is 0 Å². The molecule has 38 heavy (non-hydrogen) atoms. The molecule has 8 nitrogen and oxygen atoms in total. The molecule has 5 rings (SSSR count). The van der Waals surface area contributed by atoms with Crippen molar-refractivity contribution in [2.24, 2.45) is 5.73 Å². The highest BCUT2D eigenvalue weighted by Gasteiger charge is 2.20. The Labute approximate surface area is 224 Å². The Bertz CT molecular complexity index is 1580. The van der Waals surface area contributed by atoms with E-state index in [4.69, 9.17) is 10.7 Å². The number of nitrogens with one attached hydrogen (secondary N) is 2. The van der Waals surface area contributed by atoms with Crippen LogP contribution >= 0.6 is 0 Å². The lowest BCUT2D eigenvalue weighted by Crippen LogP contribution is -2.33. The van der Waals surface area contributed by atoms with Crippen molar-refractivity contribution in [3.8, 4) is 11.1 Å². The van der Waals surface area contributed by atoms with Crippen LogP contribution in [0.5, 0.6) is 0 Å². The van der Waals surface area contributed by atoms with Crippen LogP contribution in [0.1, 0.15) is 49.4 Å². The number of rotatable bonds is 7. The van der Waals surface area contributed by atoms with Gasteiger partial charge in [0.2, 0.25) is 5.95 Å². The van der Waals surface area contributed by atoms with E-state index in [2.05, 4.69) is 39.1 Å². The number of nitrogens with zero attached hydrogens (tertiary/aromatic N) is 3. The first-order chi connectivity index (χ1) is 18.2. The minimum Gasteiger partial charge on any atom is -0.351 e. The van der Waals surface area contributed by atoms with E-state index in [9.17, 15) is 8.42 Å². The lowest BCUT2D eigenvalue weighted by molar-refractivity contribution is 0.410. The molecule has 4 aromatic rings. The maximum Gasteiger partial charge on any atom is 0.263 e. The molecule has 0 amide bonds. The summed E-state index contributed by atoms with van der Waals surface area (Å²) in [6.07, 6.45) is 6.80. The predicted octanol–water partition coefficient (Wildman–Crippen LogP) is 5.35. The molecule has 0 atom stereocenters. The maximum atomic E-state index is 12.8. The van der Waals surface area contributed by atoms with Crippen molar-refractivity contribution in [3.63, 3.8) is 0 Å². The highest BCUT2D eigenvalue weighted by Crippen LogP contribution is 2.31. The average molecular weight is 531 g/mol. The Morgan fingerprint density at radius 3 is 2.50 bits per heavy atom. The second kappa shape index (κ2) is 10.7. The van der Waals surface area contributed by atoms with Crippen LogP contribution in [-0.4, -0.2) is 35.5 Å². The number of hydrogen-bond donors (Lipinski definition) is 3. The average Bonchev–Trinajstić information content (AvgIpc) is 2.89. The fraction of sp³-hybridized carbons (Fsp3) is 0.345. The monoisotopic (exact) mass is 530 g/mol. The summed E-state index contributed by atoms with van der Waals surface area (Å²) in [7, 11) is -3.73. The highest BCUT2D eigenvalue weighted by molar-refractivity contribution is 7.92. The van der Waals surface area contributed by atoms with Crippen LogP contribution in [-0.2, 0) is 16.4 Å². The number of benzene rings is 2. The summed E-state index contributed by atoms with van der Waals surface area (Å²) < 4.78 is 28.3. The smallest absolute Gasteiger partial charge is 0.263 e. The number of hydrogen-bond acceptors (Lipinski definition) is 7. The van der Waals surface area contributed by atoms with Crippen LogP contribution in [0.15, 0.2) is 59.6 Å². The van der Waals surface area contributed by atoms with Crippen molar-refractivity contribution in [2.45, 2.75) is 69.9 Å². The minimum absolute atomic E-state index is 0.212. The summed E-state index contributed by atoms with van der Waals surface area (Å²) in [5.74, 6) is 0.940. The molecule has 2 heterocycles. The van der Waals surface area contributed by atoms with Crippen LogP contribution in [0.25, 0.3) is 22.0 Å². The molecular formula is C29H34N6O2S. The fourth-order valence-electron chi connectivity index (χ4n) is 5.06. The minimum atomic E-state index is -3.73. The topological polar surface area (TPSA) is 123 Å². The summed E-state index contributed by atoms with van der Waals surface area (Å²) >= 11 is 0. The molecule has 1 saturated carbocycles. The summed E-state index contributed by atoms with van der Waals surface area (Å²) in [6, 6.07) is 15.3. The molecule has 0 spiro atoms. The van der Waals surface area contributed by atoms with Gasteiger partial charge in [-0.1, -0.05) is 19.1 Å². The van der Waals surface area contributed by atoms with Crippen molar-refractivity contribution in [2.75, 3.05) is 10.0 Å². The van der Waals surface area contributed by atoms with Gasteiger partial charge < -0.3 is 11.1 Å². The van der Waals surface area contributed by atoms with Crippen LogP contribution in [0.3, 0.4) is 0 Å². The number of fused-ring (bicyclic) bond motifs is 1. The molecule has 2 aromatic carbocycles. The van der Waals surface area contributed by atoms with E-state index < -0.39 is 10.0 Å². The van der Waals surface area contributed by atoms with Gasteiger partial charge in [0, 0.05) is 34.9 Å². The maximum absolute atomic E-state index is 12.8. The normalized spacial score (nSPS) is 17.9. The molecule has 198 valence electrons. The fourth-order valence-corrected chi connectivity index (χ4v) is 6.17. The van der Waals surface area contributed by atoms with Gasteiger partial charge in [0.25, 0.3) is 10.0 Å². The zero-order valence-electron chi connectivity index (χ0n) is 22.0. The van der Waals surface area contributed by atoms with Gasteiger partial charge in [0.15, 0.2) is 0 Å². The van der Waals surface area contributed by atoms with Crippen LogP contribution in [0.2, 0.25) is 0 Å². The Morgan fingerprint density at radius 2 is 1.79 bits per heavy atom. The number of pyridine rings is 1. The number of aromatic nitrogens is 3. The molecule has 1 aliphatic rings. The van der Waals surface area contributed by atoms with Gasteiger partial charge in [-0.05, 0) is 99.0 Å². The van der Waals surface area contributed by atoms with E-state index in [1.54, 1.807) is 24.3 Å². The van der Waals surface area contributed by atoms with Crippen molar-refractivity contribution in [1.29, 1.82) is 0 Å². The quantitative estimate of drug-likeness (QED) is 0.294. The third-order valence-electron chi connectivity index (χ3n) is 7.18. The molecule has 1 aliphatic carbocycles. The van der Waals surface area contributed by atoms with E-state index >= 15 is 0 Å². The standard InChI is InChI=1S/C29H34N6O2S/c1-4-20-15-21(16-22-17-31-29(34-28(20)22)33-24-10-8-23(30)9-11-24)26-12-13-27(32-19(26)3)35-38(36,37)25-7-5-6-18(2)14-25/h5-7,12-17,23-24H,4,8-11,30H2,1-3H3,(H,32,35)(H,31,33,34). The third kappa shape index (κ3) is 5.63. The Balaban J connectivity index is 1.40. The second-order valence-corrected chi connectivity index (χ2v) is 11.8. The summed E-state index contributed by atoms with van der Waals surface area (Å²) in [4.78, 5) is 14.2. The molecule has 0 radical (unpaired) electrons. The van der Waals surface area contributed by atoms with Crippen LogP contribution < -0.4 is 15.8 Å². The van der Waals surface area contributed by atoms with Crippen molar-refractivity contribution in [3.05, 3.63) is 71.5 Å². The van der Waals surface area contributed by atoms with Gasteiger partial charge in [-0.15, -0.1) is 0 Å². The van der Waals surface area contributed by atoms with E-state index in [-0.39, 0.29) is 10.7 Å². The van der Waals surface area contributed by atoms with Crippen LogP contribution in [0, 0.1) is 13.8 Å². The second-order valence-electron chi connectivity index (χ2n) is 10.1. The lowest BCUT2D eigenvalue weighted by atomic mass is 9.92. The summed E-state index contributed by atoms with van der Waals surface area (Å²) in [5, 5.41) is 4.45. The number of anilines is 2. The lowest BCUT2D eigenvalue weighted by Gasteiger charge is -2.26. The van der Waals surface area contributed by atoms with Crippen LogP contribution in [0.4, 0.5) is 11.8 Å². The van der Waals surface area contributed by atoms with Crippen molar-refractivity contribution < 1.29 is 8.42 Å². The Morgan fingerprint density at radius 1 is 1.00 bits per heavy atom. The molecule has 0 saturated heterocycles. The number of nitrogens with two attached hydrogens (primary N) is 1. The van der Waals surface area contributed by atoms with Crippen molar-refractivity contribution >= 4 is 32.7 Å². The first-order valence-electron chi connectivity index (χ1n) is 13.1. The van der Waals surface area contributed by atoms with Gasteiger partial charge in [-0.3, -0.25) is 4.72 Å². The first kappa shape index (κ1) is 26.1. The van der Waals surface area contributed by atoms with Gasteiger partial charge >= 0.3 is 0 Å². The molecule has 4 N–H and O–H groups in total. The molecular weight excluding hydrogens is 496 g/mol. The van der Waals surface area contributed by atoms with E-state index in [0.717, 1.165) is 71.0 Å². The molecule has 1 fully saturated rings. The van der Waals surface area contributed by atoms with E-state index in [1.807, 2.05) is 32.2 Å². The van der Waals surface area contributed by atoms with Crippen molar-refractivity contribution in [1.82, 2.24) is 15.0 Å². The van der Waals surface area contributed by atoms with Gasteiger partial charge in [0.1, 0.15) is 5.82 Å². The molecule has 0 aliphatic heterocycles. The summed E-state index contributed by atoms with van der Waals surface area (Å²) in [5.41, 5.74) is 11.6. The van der Waals surface area contributed by atoms with Gasteiger partial charge in [0.05, 0.1) is 10.4 Å². The molecule has 9 heteroatoms. The number of sulfonamides is 1. The van der Waals surface area contributed by atoms with Gasteiger partial charge in [-0.25, -0.2) is 23.4 Å². The Hall–Kier alpha value is -3.56.